The Kier molecular flexibility index (Phi) is 5.12. The van der Waals surface area contributed by atoms with Gasteiger partial charge >= 0.3 is 0 Å². The molecule has 0 aromatic heterocycles. The number of nitrogens with zero attached hydrogens (tertiary/aromatic N) is 1. The molecule has 21 heavy (non-hydrogen) atoms. The van der Waals surface area contributed by atoms with Crippen LogP contribution >= 0.6 is 0 Å². The lowest BCUT2D eigenvalue weighted by Crippen LogP contribution is -2.43. The van der Waals surface area contributed by atoms with Gasteiger partial charge in [-0.3, -0.25) is 4.90 Å². The van der Waals surface area contributed by atoms with Gasteiger partial charge in [-0.2, -0.15) is 0 Å². The molecule has 0 aliphatic carbocycles. The summed E-state index contributed by atoms with van der Waals surface area (Å²) in [6, 6.07) is 6.22. The van der Waals surface area contributed by atoms with E-state index in [0.29, 0.717) is 0 Å². The Balaban J connectivity index is 2.24. The van der Waals surface area contributed by atoms with Crippen molar-refractivity contribution in [2.75, 3.05) is 34.4 Å². The van der Waals surface area contributed by atoms with Crippen LogP contribution in [0.25, 0.3) is 0 Å². The molecule has 2 rings (SSSR count). The van der Waals surface area contributed by atoms with Crippen molar-refractivity contribution in [3.8, 4) is 11.5 Å². The van der Waals surface area contributed by atoms with Crippen molar-refractivity contribution < 1.29 is 9.47 Å². The van der Waals surface area contributed by atoms with E-state index in [9.17, 15) is 0 Å². The molecule has 1 aromatic carbocycles. The molecule has 0 amide bonds. The largest absolute Gasteiger partial charge is 0.497 e. The van der Waals surface area contributed by atoms with E-state index in [1.165, 1.54) is 12.8 Å². The highest BCUT2D eigenvalue weighted by Gasteiger charge is 2.33. The van der Waals surface area contributed by atoms with Crippen molar-refractivity contribution in [2.45, 2.75) is 38.3 Å². The van der Waals surface area contributed by atoms with E-state index in [2.05, 4.69) is 30.1 Å². The van der Waals surface area contributed by atoms with E-state index in [1.807, 2.05) is 19.2 Å². The van der Waals surface area contributed by atoms with Crippen LogP contribution in [0.4, 0.5) is 0 Å². The molecule has 1 aliphatic heterocycles. The Morgan fingerprint density at radius 2 is 2.05 bits per heavy atom. The molecule has 1 heterocycles. The number of nitrogens with one attached hydrogen (secondary N) is 1. The quantitative estimate of drug-likeness (QED) is 0.874. The number of likely N-dealkylation sites (tertiary alicyclic amines) is 1. The number of ether oxygens (including phenoxy) is 2. The summed E-state index contributed by atoms with van der Waals surface area (Å²) in [5.74, 6) is 1.78. The normalized spacial score (nSPS) is 19.5. The predicted octanol–water partition coefficient (Wildman–Crippen LogP) is 2.84. The lowest BCUT2D eigenvalue weighted by atomic mass is 9.99. The van der Waals surface area contributed by atoms with Crippen molar-refractivity contribution in [3.05, 3.63) is 23.8 Å². The van der Waals surface area contributed by atoms with Gasteiger partial charge in [-0.05, 0) is 58.5 Å². The topological polar surface area (TPSA) is 33.7 Å². The number of hydrogen-bond donors (Lipinski definition) is 1. The highest BCUT2D eigenvalue weighted by molar-refractivity contribution is 5.42. The molecular formula is C17H28N2O2. The molecular weight excluding hydrogens is 264 g/mol. The van der Waals surface area contributed by atoms with Gasteiger partial charge in [-0.1, -0.05) is 0 Å². The molecule has 0 spiro atoms. The average molecular weight is 292 g/mol. The van der Waals surface area contributed by atoms with E-state index in [-0.39, 0.29) is 11.6 Å². The summed E-state index contributed by atoms with van der Waals surface area (Å²) < 4.78 is 10.9. The smallest absolute Gasteiger partial charge is 0.123 e. The summed E-state index contributed by atoms with van der Waals surface area (Å²) in [4.78, 5) is 2.56. The summed E-state index contributed by atoms with van der Waals surface area (Å²) >= 11 is 0. The molecule has 1 saturated heterocycles. The maximum atomic E-state index is 5.53. The van der Waals surface area contributed by atoms with Crippen molar-refractivity contribution in [2.24, 2.45) is 0 Å². The molecule has 1 aromatic rings. The number of benzene rings is 1. The van der Waals surface area contributed by atoms with Crippen LogP contribution < -0.4 is 14.8 Å². The monoisotopic (exact) mass is 292 g/mol. The van der Waals surface area contributed by atoms with Gasteiger partial charge in [-0.25, -0.2) is 0 Å². The van der Waals surface area contributed by atoms with Crippen LogP contribution in [0, 0.1) is 0 Å². The van der Waals surface area contributed by atoms with Gasteiger partial charge in [0.2, 0.25) is 0 Å². The summed E-state index contributed by atoms with van der Waals surface area (Å²) in [7, 11) is 5.42. The first-order chi connectivity index (χ1) is 10.0. The van der Waals surface area contributed by atoms with Gasteiger partial charge in [0, 0.05) is 23.7 Å². The standard InChI is InChI=1S/C17H28N2O2/c1-17(2)9-6-10-19(17)12-15(18-3)14-11-13(20-4)7-8-16(14)21-5/h7-8,11,15,18H,6,9-10,12H2,1-5H3. The summed E-state index contributed by atoms with van der Waals surface area (Å²) in [5, 5.41) is 3.43. The molecule has 4 heteroatoms. The lowest BCUT2D eigenvalue weighted by molar-refractivity contribution is 0.157. The zero-order valence-electron chi connectivity index (χ0n) is 13.9. The molecule has 118 valence electrons. The minimum absolute atomic E-state index is 0.229. The average Bonchev–Trinajstić information content (AvgIpc) is 2.82. The van der Waals surface area contributed by atoms with Crippen LogP contribution in [0.2, 0.25) is 0 Å². The first-order valence-electron chi connectivity index (χ1n) is 7.66. The van der Waals surface area contributed by atoms with Gasteiger partial charge in [-0.15, -0.1) is 0 Å². The number of likely N-dealkylation sites (N-methyl/N-ethyl adjacent to an activating group) is 1. The molecule has 1 fully saturated rings. The summed E-state index contributed by atoms with van der Waals surface area (Å²) in [6.07, 6.45) is 2.54. The van der Waals surface area contributed by atoms with Crippen LogP contribution in [0.5, 0.6) is 11.5 Å². The van der Waals surface area contributed by atoms with Gasteiger partial charge in [0.1, 0.15) is 11.5 Å². The summed E-state index contributed by atoms with van der Waals surface area (Å²) in [6.45, 7) is 6.80. The molecule has 4 nitrogen and oxygen atoms in total. The van der Waals surface area contributed by atoms with Crippen molar-refractivity contribution >= 4 is 0 Å². The number of hydrogen-bond acceptors (Lipinski definition) is 4. The maximum absolute atomic E-state index is 5.53. The van der Waals surface area contributed by atoms with E-state index in [4.69, 9.17) is 9.47 Å². The predicted molar refractivity (Wildman–Crippen MR) is 86.2 cm³/mol. The third-order valence-corrected chi connectivity index (χ3v) is 4.64. The fraction of sp³-hybridized carbons (Fsp3) is 0.647. The highest BCUT2D eigenvalue weighted by Crippen LogP contribution is 2.34. The van der Waals surface area contributed by atoms with Crippen LogP contribution in [0.1, 0.15) is 38.3 Å². The van der Waals surface area contributed by atoms with Gasteiger partial charge in [0.05, 0.1) is 14.2 Å². The van der Waals surface area contributed by atoms with Crippen molar-refractivity contribution in [1.82, 2.24) is 10.2 Å². The first-order valence-corrected chi connectivity index (χ1v) is 7.66. The fourth-order valence-electron chi connectivity index (χ4n) is 3.18. The Labute approximate surface area is 128 Å². The molecule has 0 bridgehead atoms. The maximum Gasteiger partial charge on any atom is 0.123 e. The van der Waals surface area contributed by atoms with Crippen LogP contribution in [0.15, 0.2) is 18.2 Å². The van der Waals surface area contributed by atoms with Gasteiger partial charge in [0.25, 0.3) is 0 Å². The minimum Gasteiger partial charge on any atom is -0.497 e. The molecule has 1 unspecified atom stereocenters. The highest BCUT2D eigenvalue weighted by atomic mass is 16.5. The van der Waals surface area contributed by atoms with Crippen molar-refractivity contribution in [3.63, 3.8) is 0 Å². The van der Waals surface area contributed by atoms with E-state index in [0.717, 1.165) is 30.2 Å². The molecule has 0 radical (unpaired) electrons. The Morgan fingerprint density at radius 3 is 2.57 bits per heavy atom. The first kappa shape index (κ1) is 16.1. The number of rotatable bonds is 6. The van der Waals surface area contributed by atoms with Crippen LogP contribution in [-0.4, -0.2) is 44.8 Å². The van der Waals surface area contributed by atoms with Crippen molar-refractivity contribution in [1.29, 1.82) is 0 Å². The molecule has 1 aliphatic rings. The molecule has 1 N–H and O–H groups in total. The third-order valence-electron chi connectivity index (χ3n) is 4.64. The third kappa shape index (κ3) is 3.50. The Hall–Kier alpha value is -1.26. The zero-order chi connectivity index (χ0) is 15.5. The minimum atomic E-state index is 0.229. The van der Waals surface area contributed by atoms with Gasteiger partial charge in [0.15, 0.2) is 0 Å². The van der Waals surface area contributed by atoms with Crippen LogP contribution in [0.3, 0.4) is 0 Å². The Morgan fingerprint density at radius 1 is 1.29 bits per heavy atom. The second-order valence-electron chi connectivity index (χ2n) is 6.31. The van der Waals surface area contributed by atoms with E-state index < -0.39 is 0 Å². The van der Waals surface area contributed by atoms with E-state index >= 15 is 0 Å². The summed E-state index contributed by atoms with van der Waals surface area (Å²) in [5.41, 5.74) is 1.43. The second-order valence-corrected chi connectivity index (χ2v) is 6.31. The SMILES string of the molecule is CNC(CN1CCCC1(C)C)c1cc(OC)ccc1OC. The molecule has 1 atom stereocenters. The number of methoxy groups -OCH3 is 2. The fourth-order valence-corrected chi connectivity index (χ4v) is 3.18. The lowest BCUT2D eigenvalue weighted by Gasteiger charge is -2.35. The van der Waals surface area contributed by atoms with Gasteiger partial charge < -0.3 is 14.8 Å². The second kappa shape index (κ2) is 6.67. The Bertz CT molecular complexity index is 474. The zero-order valence-corrected chi connectivity index (χ0v) is 13.9. The molecule has 0 saturated carbocycles. The van der Waals surface area contributed by atoms with Crippen LogP contribution in [-0.2, 0) is 0 Å². The van der Waals surface area contributed by atoms with E-state index in [1.54, 1.807) is 14.2 Å².